The van der Waals surface area contributed by atoms with Crippen molar-refractivity contribution < 1.29 is 4.79 Å². The molecule has 0 radical (unpaired) electrons. The molecule has 1 unspecified atom stereocenters. The summed E-state index contributed by atoms with van der Waals surface area (Å²) in [6.07, 6.45) is 6.06. The van der Waals surface area contributed by atoms with Gasteiger partial charge in [0.25, 0.3) is 0 Å². The maximum atomic E-state index is 11.9. The molecular weight excluding hydrogens is 230 g/mol. The second kappa shape index (κ2) is 4.73. The number of aromatic nitrogens is 3. The predicted octanol–water partition coefficient (Wildman–Crippen LogP) is 0.810. The zero-order valence-electron chi connectivity index (χ0n) is 9.97. The van der Waals surface area contributed by atoms with Gasteiger partial charge in [0, 0.05) is 24.7 Å². The van der Waals surface area contributed by atoms with E-state index in [9.17, 15) is 4.79 Å². The summed E-state index contributed by atoms with van der Waals surface area (Å²) in [6.45, 7) is 1.01. The van der Waals surface area contributed by atoms with Gasteiger partial charge in [-0.05, 0) is 25.5 Å². The highest BCUT2D eigenvalue weighted by molar-refractivity contribution is 5.90. The molecule has 1 atom stereocenters. The zero-order valence-corrected chi connectivity index (χ0v) is 9.97. The number of fused-ring (bicyclic) bond motifs is 1. The molecule has 0 saturated carbocycles. The van der Waals surface area contributed by atoms with Gasteiger partial charge in [0.15, 0.2) is 5.65 Å². The molecule has 1 aliphatic heterocycles. The van der Waals surface area contributed by atoms with Crippen molar-refractivity contribution >= 4 is 17.4 Å². The van der Waals surface area contributed by atoms with Crippen molar-refractivity contribution in [1.29, 1.82) is 0 Å². The first kappa shape index (κ1) is 11.2. The number of hydrogen-bond acceptors (Lipinski definition) is 4. The number of carbonyl (C=O) groups excluding carboxylic acids is 1. The van der Waals surface area contributed by atoms with Crippen molar-refractivity contribution in [2.24, 2.45) is 0 Å². The summed E-state index contributed by atoms with van der Waals surface area (Å²) in [5.74, 6) is 0.672. The lowest BCUT2D eigenvalue weighted by molar-refractivity contribution is -0.116. The molecule has 18 heavy (non-hydrogen) atoms. The lowest BCUT2D eigenvalue weighted by Crippen LogP contribution is -2.28. The molecule has 1 aliphatic rings. The maximum absolute atomic E-state index is 11.9. The Morgan fingerprint density at radius 2 is 2.44 bits per heavy atom. The Kier molecular flexibility index (Phi) is 2.93. The fourth-order valence-electron chi connectivity index (χ4n) is 2.28. The Morgan fingerprint density at radius 3 is 3.28 bits per heavy atom. The standard InChI is InChI=1S/C12H15N5O/c18-12(8-9-2-1-5-13-9)16-11-3-6-14-10-4-7-15-17(10)11/h3-4,6-7,9,13H,1-2,5,8H2,(H,16,18). The first-order chi connectivity index (χ1) is 8.83. The summed E-state index contributed by atoms with van der Waals surface area (Å²) in [5, 5.41) is 10.3. The third-order valence-corrected chi connectivity index (χ3v) is 3.15. The first-order valence-corrected chi connectivity index (χ1v) is 6.15. The summed E-state index contributed by atoms with van der Waals surface area (Å²) in [7, 11) is 0. The van der Waals surface area contributed by atoms with Crippen LogP contribution in [0.25, 0.3) is 5.65 Å². The minimum atomic E-state index is 0.0115. The minimum absolute atomic E-state index is 0.0115. The predicted molar refractivity (Wildman–Crippen MR) is 67.3 cm³/mol. The van der Waals surface area contributed by atoms with Gasteiger partial charge in [0.2, 0.25) is 5.91 Å². The first-order valence-electron chi connectivity index (χ1n) is 6.15. The molecule has 1 amide bonds. The van der Waals surface area contributed by atoms with Crippen molar-refractivity contribution in [2.45, 2.75) is 25.3 Å². The average Bonchev–Trinajstić information content (AvgIpc) is 2.99. The highest BCUT2D eigenvalue weighted by Gasteiger charge is 2.18. The molecule has 0 spiro atoms. The Labute approximate surface area is 104 Å². The molecule has 1 saturated heterocycles. The fourth-order valence-corrected chi connectivity index (χ4v) is 2.28. The summed E-state index contributed by atoms with van der Waals surface area (Å²) in [4.78, 5) is 16.1. The highest BCUT2D eigenvalue weighted by Crippen LogP contribution is 2.12. The number of amides is 1. The molecule has 3 heterocycles. The van der Waals surface area contributed by atoms with Gasteiger partial charge in [-0.15, -0.1) is 0 Å². The third-order valence-electron chi connectivity index (χ3n) is 3.15. The van der Waals surface area contributed by atoms with E-state index < -0.39 is 0 Å². The lowest BCUT2D eigenvalue weighted by Gasteiger charge is -2.10. The van der Waals surface area contributed by atoms with E-state index in [2.05, 4.69) is 20.7 Å². The van der Waals surface area contributed by atoms with Crippen LogP contribution in [-0.2, 0) is 4.79 Å². The van der Waals surface area contributed by atoms with Crippen LogP contribution in [0.5, 0.6) is 0 Å². The zero-order chi connectivity index (χ0) is 12.4. The molecule has 2 aromatic rings. The molecule has 0 bridgehead atoms. The molecular formula is C12H15N5O. The maximum Gasteiger partial charge on any atom is 0.227 e. The van der Waals surface area contributed by atoms with Gasteiger partial charge < -0.3 is 10.6 Å². The quantitative estimate of drug-likeness (QED) is 0.839. The van der Waals surface area contributed by atoms with Gasteiger partial charge in [0.1, 0.15) is 5.82 Å². The van der Waals surface area contributed by atoms with Crippen molar-refractivity contribution in [3.05, 3.63) is 24.5 Å². The molecule has 2 N–H and O–H groups in total. The van der Waals surface area contributed by atoms with Crippen LogP contribution < -0.4 is 10.6 Å². The second-order valence-electron chi connectivity index (χ2n) is 4.48. The lowest BCUT2D eigenvalue weighted by atomic mass is 10.1. The smallest absolute Gasteiger partial charge is 0.227 e. The average molecular weight is 245 g/mol. The van der Waals surface area contributed by atoms with E-state index in [1.165, 1.54) is 0 Å². The van der Waals surface area contributed by atoms with Crippen LogP contribution in [0.2, 0.25) is 0 Å². The fraction of sp³-hybridized carbons (Fsp3) is 0.417. The van der Waals surface area contributed by atoms with E-state index in [0.717, 1.165) is 25.0 Å². The molecule has 0 aliphatic carbocycles. The molecule has 94 valence electrons. The number of nitrogens with zero attached hydrogens (tertiary/aromatic N) is 3. The Balaban J connectivity index is 1.71. The van der Waals surface area contributed by atoms with Gasteiger partial charge in [-0.3, -0.25) is 4.79 Å². The molecule has 6 heteroatoms. The normalized spacial score (nSPS) is 19.2. The number of hydrogen-bond donors (Lipinski definition) is 2. The van der Waals surface area contributed by atoms with Crippen LogP contribution in [0.3, 0.4) is 0 Å². The minimum Gasteiger partial charge on any atom is -0.313 e. The Morgan fingerprint density at radius 1 is 1.50 bits per heavy atom. The van der Waals surface area contributed by atoms with Crippen molar-refractivity contribution in [1.82, 2.24) is 19.9 Å². The summed E-state index contributed by atoms with van der Waals surface area (Å²) < 4.78 is 1.62. The van der Waals surface area contributed by atoms with Crippen LogP contribution >= 0.6 is 0 Å². The summed E-state index contributed by atoms with van der Waals surface area (Å²) in [5.41, 5.74) is 0.729. The number of anilines is 1. The van der Waals surface area contributed by atoms with Crippen LogP contribution in [-0.4, -0.2) is 33.1 Å². The summed E-state index contributed by atoms with van der Waals surface area (Å²) >= 11 is 0. The van der Waals surface area contributed by atoms with Crippen molar-refractivity contribution in [2.75, 3.05) is 11.9 Å². The third kappa shape index (κ3) is 2.19. The van der Waals surface area contributed by atoms with E-state index >= 15 is 0 Å². The number of nitrogens with one attached hydrogen (secondary N) is 2. The summed E-state index contributed by atoms with van der Waals surface area (Å²) in [6, 6.07) is 3.86. The van der Waals surface area contributed by atoms with E-state index in [-0.39, 0.29) is 5.91 Å². The number of rotatable bonds is 3. The highest BCUT2D eigenvalue weighted by atomic mass is 16.1. The topological polar surface area (TPSA) is 71.3 Å². The molecule has 2 aromatic heterocycles. The van der Waals surface area contributed by atoms with Crippen LogP contribution in [0.15, 0.2) is 24.5 Å². The molecule has 6 nitrogen and oxygen atoms in total. The van der Waals surface area contributed by atoms with E-state index in [0.29, 0.717) is 18.3 Å². The monoisotopic (exact) mass is 245 g/mol. The van der Waals surface area contributed by atoms with Gasteiger partial charge in [-0.2, -0.15) is 9.61 Å². The van der Waals surface area contributed by atoms with Crippen LogP contribution in [0.1, 0.15) is 19.3 Å². The molecule has 3 rings (SSSR count). The van der Waals surface area contributed by atoms with Gasteiger partial charge in [-0.25, -0.2) is 4.98 Å². The second-order valence-corrected chi connectivity index (χ2v) is 4.48. The SMILES string of the molecule is O=C(CC1CCCN1)Nc1ccnc2ccnn12. The Bertz CT molecular complexity index is 558. The van der Waals surface area contributed by atoms with Crippen LogP contribution in [0.4, 0.5) is 5.82 Å². The Hall–Kier alpha value is -1.95. The van der Waals surface area contributed by atoms with E-state index in [1.54, 1.807) is 29.0 Å². The van der Waals surface area contributed by atoms with Gasteiger partial charge in [0.05, 0.1) is 6.20 Å². The van der Waals surface area contributed by atoms with E-state index in [4.69, 9.17) is 0 Å². The van der Waals surface area contributed by atoms with E-state index in [1.807, 2.05) is 0 Å². The van der Waals surface area contributed by atoms with Crippen molar-refractivity contribution in [3.63, 3.8) is 0 Å². The van der Waals surface area contributed by atoms with Gasteiger partial charge >= 0.3 is 0 Å². The van der Waals surface area contributed by atoms with Crippen molar-refractivity contribution in [3.8, 4) is 0 Å². The number of carbonyl (C=O) groups is 1. The van der Waals surface area contributed by atoms with Crippen LogP contribution in [0, 0.1) is 0 Å². The largest absolute Gasteiger partial charge is 0.313 e. The van der Waals surface area contributed by atoms with Gasteiger partial charge in [-0.1, -0.05) is 0 Å². The molecule has 0 aromatic carbocycles. The molecule has 1 fully saturated rings.